The van der Waals surface area contributed by atoms with Crippen LogP contribution in [0.1, 0.15) is 22.7 Å². The highest BCUT2D eigenvalue weighted by molar-refractivity contribution is 7.89. The molecule has 192 valence electrons. The van der Waals surface area contributed by atoms with Crippen molar-refractivity contribution in [1.29, 1.82) is 0 Å². The molecule has 4 aromatic rings. The number of carbonyl (C=O) groups is 1. The fourth-order valence-corrected chi connectivity index (χ4v) is 5.63. The highest BCUT2D eigenvalue weighted by atomic mass is 35.5. The molecule has 0 saturated heterocycles. The average Bonchev–Trinajstić information content (AvgIpc) is 3.48. The molecular weight excluding hydrogens is 535 g/mol. The lowest BCUT2D eigenvalue weighted by Gasteiger charge is -2.20. The molecule has 0 radical (unpaired) electrons. The lowest BCUT2D eigenvalue weighted by atomic mass is 10.2. The third kappa shape index (κ3) is 5.97. The molecule has 0 spiro atoms. The van der Waals surface area contributed by atoms with Crippen LogP contribution in [0.5, 0.6) is 0 Å². The Morgan fingerprint density at radius 1 is 1.08 bits per heavy atom. The van der Waals surface area contributed by atoms with Crippen molar-refractivity contribution in [3.63, 3.8) is 0 Å². The minimum atomic E-state index is -3.96. The first kappa shape index (κ1) is 26.7. The minimum absolute atomic E-state index is 0.0740. The van der Waals surface area contributed by atoms with Gasteiger partial charge in [0.25, 0.3) is 5.91 Å². The van der Waals surface area contributed by atoms with Gasteiger partial charge in [-0.1, -0.05) is 47.5 Å². The number of aromatic nitrogens is 1. The molecule has 1 amide bonds. The molecule has 0 bridgehead atoms. The van der Waals surface area contributed by atoms with Gasteiger partial charge < -0.3 is 8.98 Å². The quantitative estimate of drug-likeness (QED) is 0.221. The largest absolute Gasteiger partial charge is 0.468 e. The number of nitrogens with one attached hydrogen (secondary N) is 1. The molecule has 0 unspecified atom stereocenters. The van der Waals surface area contributed by atoms with Gasteiger partial charge in [-0.25, -0.2) is 13.8 Å². The normalized spacial score (nSPS) is 11.9. The fraction of sp³-hybridized carbons (Fsp3) is 0.154. The van der Waals surface area contributed by atoms with E-state index in [1.807, 2.05) is 36.6 Å². The molecule has 0 aliphatic carbocycles. The summed E-state index contributed by atoms with van der Waals surface area (Å²) in [5, 5.41) is 4.93. The monoisotopic (exact) mass is 558 g/mol. The Hall–Kier alpha value is -3.37. The van der Waals surface area contributed by atoms with Gasteiger partial charge in [0.1, 0.15) is 5.76 Å². The van der Waals surface area contributed by atoms with Gasteiger partial charge >= 0.3 is 0 Å². The number of carbonyl (C=O) groups excluding carboxylic acids is 1. The van der Waals surface area contributed by atoms with Gasteiger partial charge in [-0.05, 0) is 56.3 Å². The second-order valence-electron chi connectivity index (χ2n) is 8.19. The van der Waals surface area contributed by atoms with Crippen LogP contribution >= 0.6 is 23.2 Å². The predicted octanol–water partition coefficient (Wildman–Crippen LogP) is 5.34. The molecule has 2 heterocycles. The highest BCUT2D eigenvalue weighted by Gasteiger charge is 2.27. The Morgan fingerprint density at radius 2 is 1.84 bits per heavy atom. The molecule has 8 nitrogen and oxygen atoms in total. The van der Waals surface area contributed by atoms with E-state index in [2.05, 4.69) is 10.5 Å². The summed E-state index contributed by atoms with van der Waals surface area (Å²) in [7, 11) is -3.96. The number of rotatable bonds is 9. The molecule has 2 aromatic carbocycles. The van der Waals surface area contributed by atoms with Crippen molar-refractivity contribution >= 4 is 45.3 Å². The zero-order chi connectivity index (χ0) is 26.6. The average molecular weight is 559 g/mol. The van der Waals surface area contributed by atoms with E-state index in [1.165, 1.54) is 24.6 Å². The van der Waals surface area contributed by atoms with E-state index >= 15 is 0 Å². The third-order valence-electron chi connectivity index (χ3n) is 5.65. The van der Waals surface area contributed by atoms with Crippen molar-refractivity contribution in [3.05, 3.63) is 106 Å². The van der Waals surface area contributed by atoms with Gasteiger partial charge in [-0.3, -0.25) is 4.79 Å². The number of furan rings is 1. The van der Waals surface area contributed by atoms with Gasteiger partial charge in [0.2, 0.25) is 10.0 Å². The second kappa shape index (κ2) is 11.4. The zero-order valence-corrected chi connectivity index (χ0v) is 22.4. The van der Waals surface area contributed by atoms with Crippen molar-refractivity contribution in [2.45, 2.75) is 25.3 Å². The number of halogens is 2. The number of hydrazone groups is 1. The standard InChI is InChI=1S/C26H24Cl2N4O4S/c1-18-14-20(19(2)32(18)24-12-6-11-23(27)26(24)28)15-29-30-25(33)17-31(16-21-8-7-13-36-21)37(34,35)22-9-4-3-5-10-22/h3-15H,16-17H2,1-2H3,(H,30,33)/b29-15+. The molecule has 4 rings (SSSR count). The summed E-state index contributed by atoms with van der Waals surface area (Å²) in [6.07, 6.45) is 2.94. The van der Waals surface area contributed by atoms with Crippen molar-refractivity contribution in [2.75, 3.05) is 6.54 Å². The summed E-state index contributed by atoms with van der Waals surface area (Å²) < 4.78 is 34.7. The number of amides is 1. The molecule has 0 saturated carbocycles. The third-order valence-corrected chi connectivity index (χ3v) is 8.26. The Morgan fingerprint density at radius 3 is 2.54 bits per heavy atom. The first-order chi connectivity index (χ1) is 17.7. The molecule has 1 N–H and O–H groups in total. The number of hydrogen-bond acceptors (Lipinski definition) is 5. The minimum Gasteiger partial charge on any atom is -0.468 e. The van der Waals surface area contributed by atoms with Gasteiger partial charge in [0.15, 0.2) is 0 Å². The van der Waals surface area contributed by atoms with Gasteiger partial charge in [-0.2, -0.15) is 9.41 Å². The van der Waals surface area contributed by atoms with E-state index in [1.54, 1.807) is 36.4 Å². The number of benzene rings is 2. The van der Waals surface area contributed by atoms with E-state index in [0.29, 0.717) is 15.8 Å². The number of sulfonamides is 1. The van der Waals surface area contributed by atoms with E-state index in [9.17, 15) is 13.2 Å². The summed E-state index contributed by atoms with van der Waals surface area (Å²) in [4.78, 5) is 12.8. The van der Waals surface area contributed by atoms with Crippen LogP contribution in [0.3, 0.4) is 0 Å². The topological polar surface area (TPSA) is 96.9 Å². The summed E-state index contributed by atoms with van der Waals surface area (Å²) >= 11 is 12.6. The zero-order valence-electron chi connectivity index (χ0n) is 20.1. The van der Waals surface area contributed by atoms with Gasteiger partial charge in [0.05, 0.1) is 46.2 Å². The molecule has 0 fully saturated rings. The van der Waals surface area contributed by atoms with Gasteiger partial charge in [-0.15, -0.1) is 0 Å². The SMILES string of the molecule is Cc1cc(/C=N/NC(=O)CN(Cc2ccco2)S(=O)(=O)c2ccccc2)c(C)n1-c1cccc(Cl)c1Cl. The second-order valence-corrected chi connectivity index (χ2v) is 10.9. The maximum Gasteiger partial charge on any atom is 0.255 e. The van der Waals surface area contributed by atoms with Crippen molar-refractivity contribution in [1.82, 2.24) is 14.3 Å². The predicted molar refractivity (Wildman–Crippen MR) is 144 cm³/mol. The van der Waals surface area contributed by atoms with Crippen LogP contribution in [-0.2, 0) is 21.4 Å². The van der Waals surface area contributed by atoms with Crippen LogP contribution in [0.25, 0.3) is 5.69 Å². The van der Waals surface area contributed by atoms with Crippen molar-refractivity contribution in [3.8, 4) is 5.69 Å². The summed E-state index contributed by atoms with van der Waals surface area (Å²) in [6.45, 7) is 3.25. The lowest BCUT2D eigenvalue weighted by Crippen LogP contribution is -2.39. The molecule has 2 aromatic heterocycles. The summed E-state index contributed by atoms with van der Waals surface area (Å²) in [5.41, 5.74) is 5.63. The summed E-state index contributed by atoms with van der Waals surface area (Å²) in [5.74, 6) is -0.197. The van der Waals surface area contributed by atoms with Crippen LogP contribution in [0.15, 0.2) is 87.4 Å². The van der Waals surface area contributed by atoms with Crippen molar-refractivity contribution < 1.29 is 17.6 Å². The highest BCUT2D eigenvalue weighted by Crippen LogP contribution is 2.31. The Bertz CT molecular complexity index is 1530. The Kier molecular flexibility index (Phi) is 8.19. The van der Waals surface area contributed by atoms with E-state index in [0.717, 1.165) is 26.9 Å². The Balaban J connectivity index is 1.51. The molecule has 0 atom stereocenters. The van der Waals surface area contributed by atoms with E-state index < -0.39 is 22.5 Å². The maximum atomic E-state index is 13.2. The Labute approximate surface area is 225 Å². The van der Waals surface area contributed by atoms with Crippen LogP contribution in [0.2, 0.25) is 10.0 Å². The number of hydrogen-bond donors (Lipinski definition) is 1. The molecule has 0 aliphatic rings. The van der Waals surface area contributed by atoms with Crippen LogP contribution in [0.4, 0.5) is 0 Å². The molecule has 0 aliphatic heterocycles. The summed E-state index contributed by atoms with van der Waals surface area (Å²) in [6, 6.07) is 18.5. The molecule has 37 heavy (non-hydrogen) atoms. The number of aryl methyl sites for hydroxylation is 1. The van der Waals surface area contributed by atoms with Crippen LogP contribution in [0, 0.1) is 13.8 Å². The van der Waals surface area contributed by atoms with Crippen LogP contribution in [-0.4, -0.2) is 36.0 Å². The number of nitrogens with zero attached hydrogens (tertiary/aromatic N) is 3. The molecular formula is C26H24Cl2N4O4S. The first-order valence-corrected chi connectivity index (χ1v) is 13.4. The van der Waals surface area contributed by atoms with Crippen molar-refractivity contribution in [2.24, 2.45) is 5.10 Å². The van der Waals surface area contributed by atoms with E-state index in [4.69, 9.17) is 27.6 Å². The van der Waals surface area contributed by atoms with Gasteiger partial charge in [0, 0.05) is 17.0 Å². The fourth-order valence-electron chi connectivity index (χ4n) is 3.87. The van der Waals surface area contributed by atoms with E-state index in [-0.39, 0.29) is 11.4 Å². The lowest BCUT2D eigenvalue weighted by molar-refractivity contribution is -0.121. The maximum absolute atomic E-state index is 13.2. The first-order valence-electron chi connectivity index (χ1n) is 11.2. The smallest absolute Gasteiger partial charge is 0.255 e. The van der Waals surface area contributed by atoms with Crippen LogP contribution < -0.4 is 5.43 Å². The molecule has 11 heteroatoms.